The van der Waals surface area contributed by atoms with E-state index in [1.165, 1.54) is 0 Å². The Hall–Kier alpha value is -4.32. The monoisotopic (exact) mass is 600 g/mol. The van der Waals surface area contributed by atoms with E-state index in [1.807, 2.05) is 0 Å². The molecule has 0 aromatic heterocycles. The van der Waals surface area contributed by atoms with Gasteiger partial charge in [0, 0.05) is 25.8 Å². The highest BCUT2D eigenvalue weighted by atomic mass is 16.4. The van der Waals surface area contributed by atoms with Crippen molar-refractivity contribution in [1.29, 1.82) is 0 Å². The zero-order valence-electron chi connectivity index (χ0n) is 22.7. The summed E-state index contributed by atoms with van der Waals surface area (Å²) in [6.45, 7) is -0.881. The van der Waals surface area contributed by atoms with Crippen LogP contribution < -0.4 is 26.6 Å². The summed E-state index contributed by atoms with van der Waals surface area (Å²) in [7, 11) is 0. The number of nitrogens with zero attached hydrogens (tertiary/aromatic N) is 1. The number of rotatable bonds is 16. The van der Waals surface area contributed by atoms with Crippen LogP contribution in [0.3, 0.4) is 0 Å². The molecule has 234 valence electrons. The zero-order chi connectivity index (χ0) is 31.4. The van der Waals surface area contributed by atoms with Crippen LogP contribution >= 0.6 is 0 Å². The Kier molecular flexibility index (Phi) is 13.1. The number of carbonyl (C=O) groups is 8. The topological polar surface area (TPSA) is 281 Å². The second-order valence-corrected chi connectivity index (χ2v) is 9.92. The molecule has 0 aromatic rings. The van der Waals surface area contributed by atoms with Gasteiger partial charge in [0.05, 0.1) is 25.2 Å². The predicted molar refractivity (Wildman–Crippen MR) is 138 cm³/mol. The van der Waals surface area contributed by atoms with Gasteiger partial charge in [-0.1, -0.05) is 0 Å². The number of carbonyl (C=O) groups excluding carboxylic acids is 5. The average Bonchev–Trinajstić information content (AvgIpc) is 3.60. The quantitative estimate of drug-likeness (QED) is 0.0812. The molecule has 2 saturated heterocycles. The molecule has 0 aliphatic carbocycles. The molecule has 5 amide bonds. The summed E-state index contributed by atoms with van der Waals surface area (Å²) >= 11 is 0. The Bertz CT molecular complexity index is 1060. The lowest BCUT2D eigenvalue weighted by molar-refractivity contribution is -0.144. The van der Waals surface area contributed by atoms with E-state index >= 15 is 0 Å². The number of carboxylic acid groups (broad SMARTS) is 3. The highest BCUT2D eigenvalue weighted by molar-refractivity contribution is 5.95. The molecule has 18 nitrogen and oxygen atoms in total. The van der Waals surface area contributed by atoms with Gasteiger partial charge >= 0.3 is 17.9 Å². The normalized spacial score (nSPS) is 21.1. The van der Waals surface area contributed by atoms with Crippen molar-refractivity contribution in [2.24, 2.45) is 0 Å². The fraction of sp³-hybridized carbons (Fsp3) is 0.667. The van der Waals surface area contributed by atoms with Gasteiger partial charge in [0.25, 0.3) is 0 Å². The maximum atomic E-state index is 13.3. The van der Waals surface area contributed by atoms with Gasteiger partial charge in [-0.2, -0.15) is 0 Å². The highest BCUT2D eigenvalue weighted by Gasteiger charge is 2.41. The third-order valence-corrected chi connectivity index (χ3v) is 6.65. The molecule has 2 aliphatic rings. The second-order valence-electron chi connectivity index (χ2n) is 9.92. The maximum absolute atomic E-state index is 13.3. The van der Waals surface area contributed by atoms with Gasteiger partial charge in [0.1, 0.15) is 18.1 Å². The number of likely N-dealkylation sites (tertiary alicyclic amines) is 1. The van der Waals surface area contributed by atoms with Crippen LogP contribution in [0.2, 0.25) is 0 Å². The maximum Gasteiger partial charge on any atom is 0.326 e. The minimum absolute atomic E-state index is 0.237. The van der Waals surface area contributed by atoms with Gasteiger partial charge in [0.2, 0.25) is 29.5 Å². The number of nitrogens with one attached hydrogen (secondary N) is 5. The molecule has 5 atom stereocenters. The first kappa shape index (κ1) is 33.9. The first-order chi connectivity index (χ1) is 19.8. The van der Waals surface area contributed by atoms with E-state index in [2.05, 4.69) is 26.6 Å². The van der Waals surface area contributed by atoms with E-state index in [4.69, 9.17) is 15.3 Å². The molecule has 9 N–H and O–H groups in total. The fourth-order valence-electron chi connectivity index (χ4n) is 4.53. The molecule has 2 aliphatic heterocycles. The first-order valence-corrected chi connectivity index (χ1v) is 13.3. The highest BCUT2D eigenvalue weighted by Crippen LogP contribution is 2.20. The number of hydrogen-bond donors (Lipinski definition) is 9. The summed E-state index contributed by atoms with van der Waals surface area (Å²) in [5.41, 5.74) is 0. The molecule has 0 saturated carbocycles. The van der Waals surface area contributed by atoms with Gasteiger partial charge in [-0.05, 0) is 32.2 Å². The van der Waals surface area contributed by atoms with Gasteiger partial charge < -0.3 is 51.9 Å². The summed E-state index contributed by atoms with van der Waals surface area (Å²) in [4.78, 5) is 97.0. The van der Waals surface area contributed by atoms with Crippen LogP contribution in [0, 0.1) is 0 Å². The molecule has 2 rings (SSSR count). The number of β-amino-alcohol motifs (C(OH)–C–C–N with tert-alkyl or cyclic N) is 1. The molecule has 2 fully saturated rings. The largest absolute Gasteiger partial charge is 0.481 e. The van der Waals surface area contributed by atoms with Crippen molar-refractivity contribution < 1.29 is 58.8 Å². The Morgan fingerprint density at radius 2 is 1.36 bits per heavy atom. The Morgan fingerprint density at radius 3 is 1.88 bits per heavy atom. The minimum Gasteiger partial charge on any atom is -0.481 e. The van der Waals surface area contributed by atoms with E-state index in [-0.39, 0.29) is 19.4 Å². The van der Waals surface area contributed by atoms with E-state index < -0.39 is 110 Å². The Morgan fingerprint density at radius 1 is 0.810 bits per heavy atom. The van der Waals surface area contributed by atoms with Crippen molar-refractivity contribution in [2.75, 3.05) is 26.2 Å². The number of carboxylic acids is 3. The lowest BCUT2D eigenvalue weighted by Gasteiger charge is -2.28. The van der Waals surface area contributed by atoms with E-state index in [0.717, 1.165) is 11.3 Å². The molecular weight excluding hydrogens is 564 g/mol. The lowest BCUT2D eigenvalue weighted by atomic mass is 10.1. The van der Waals surface area contributed by atoms with Crippen molar-refractivity contribution in [1.82, 2.24) is 31.5 Å². The van der Waals surface area contributed by atoms with Crippen LogP contribution in [0.25, 0.3) is 0 Å². The van der Waals surface area contributed by atoms with Crippen LogP contribution in [-0.2, 0) is 38.4 Å². The van der Waals surface area contributed by atoms with Crippen molar-refractivity contribution in [3.63, 3.8) is 0 Å². The SMILES string of the molecule is O=C(O)CC[C@H](NC(=O)CNC(=O)[C@@H]1C[C@@H](O)CN1C(=O)[C@H](CCC(=O)O)NC(=O)CNC(=O)[C@@H]1CCCN1)C(=O)O. The van der Waals surface area contributed by atoms with Crippen LogP contribution in [0.4, 0.5) is 0 Å². The molecule has 18 heteroatoms. The summed E-state index contributed by atoms with van der Waals surface area (Å²) in [6.07, 6.45) is -1.79. The molecule has 42 heavy (non-hydrogen) atoms. The standard InChI is InChI=1S/C24H36N6O12/c31-12-8-16(22(39)27-10-18(33)29-15(24(41)42)4-6-20(36)37)30(11-12)23(40)14(3-5-19(34)35)28-17(32)9-26-21(38)13-2-1-7-25-13/h12-16,25,31H,1-11H2,(H,26,38)(H,27,39)(H,28,32)(H,29,33)(H,34,35)(H,36,37)(H,41,42)/t12-,13+,14+,15+,16+/m1/s1. The molecule has 2 heterocycles. The first-order valence-electron chi connectivity index (χ1n) is 13.3. The van der Waals surface area contributed by atoms with Crippen LogP contribution in [0.1, 0.15) is 44.9 Å². The fourth-order valence-corrected chi connectivity index (χ4v) is 4.53. The summed E-state index contributed by atoms with van der Waals surface area (Å²) in [5, 5.41) is 49.2. The number of amides is 5. The molecule has 0 bridgehead atoms. The van der Waals surface area contributed by atoms with Gasteiger partial charge in [-0.15, -0.1) is 0 Å². The van der Waals surface area contributed by atoms with Crippen LogP contribution in [-0.4, -0.2) is 129 Å². The summed E-state index contributed by atoms with van der Waals surface area (Å²) < 4.78 is 0. The van der Waals surface area contributed by atoms with Crippen LogP contribution in [0.5, 0.6) is 0 Å². The van der Waals surface area contributed by atoms with E-state index in [0.29, 0.717) is 13.0 Å². The number of hydrogen-bond acceptors (Lipinski definition) is 10. The van der Waals surface area contributed by atoms with E-state index in [9.17, 15) is 43.5 Å². The lowest BCUT2D eigenvalue weighted by Crippen LogP contribution is -2.55. The smallest absolute Gasteiger partial charge is 0.326 e. The average molecular weight is 601 g/mol. The zero-order valence-corrected chi connectivity index (χ0v) is 22.7. The van der Waals surface area contributed by atoms with Crippen LogP contribution in [0.15, 0.2) is 0 Å². The van der Waals surface area contributed by atoms with Gasteiger partial charge in [-0.3, -0.25) is 33.6 Å². The number of aliphatic carboxylic acids is 3. The Balaban J connectivity index is 2.00. The predicted octanol–water partition coefficient (Wildman–Crippen LogP) is -4.28. The van der Waals surface area contributed by atoms with Gasteiger partial charge in [0.15, 0.2) is 0 Å². The van der Waals surface area contributed by atoms with Crippen molar-refractivity contribution in [2.45, 2.75) is 75.2 Å². The molecule has 0 unspecified atom stereocenters. The molecule has 0 radical (unpaired) electrons. The number of aliphatic hydroxyl groups excluding tert-OH is 1. The molecule has 0 spiro atoms. The molecule has 0 aromatic carbocycles. The summed E-state index contributed by atoms with van der Waals surface area (Å²) in [5.74, 6) is -7.88. The van der Waals surface area contributed by atoms with E-state index in [1.54, 1.807) is 0 Å². The third kappa shape index (κ3) is 10.9. The van der Waals surface area contributed by atoms with Crippen molar-refractivity contribution in [3.05, 3.63) is 0 Å². The Labute approximate surface area is 239 Å². The number of aliphatic hydroxyl groups is 1. The summed E-state index contributed by atoms with van der Waals surface area (Å²) in [6, 6.07) is -4.69. The third-order valence-electron chi connectivity index (χ3n) is 6.65. The second kappa shape index (κ2) is 16.2. The minimum atomic E-state index is -1.52. The van der Waals surface area contributed by atoms with Gasteiger partial charge in [-0.25, -0.2) is 4.79 Å². The molecular formula is C24H36N6O12. The van der Waals surface area contributed by atoms with Crippen molar-refractivity contribution in [3.8, 4) is 0 Å². The van der Waals surface area contributed by atoms with Crippen molar-refractivity contribution >= 4 is 47.4 Å².